The van der Waals surface area contributed by atoms with Crippen LogP contribution in [0.4, 0.5) is 17.1 Å². The highest BCUT2D eigenvalue weighted by atomic mass is 16.3. The number of nitrogens with one attached hydrogen (secondary N) is 2. The third-order valence-corrected chi connectivity index (χ3v) is 5.05. The smallest absolute Gasteiger partial charge is 0.257 e. The minimum atomic E-state index is -0.616. The molecule has 0 heterocycles. The van der Waals surface area contributed by atoms with Gasteiger partial charge in [0.1, 0.15) is 11.4 Å². The van der Waals surface area contributed by atoms with Crippen LogP contribution < -0.4 is 21.5 Å². The van der Waals surface area contributed by atoms with Gasteiger partial charge >= 0.3 is 0 Å². The van der Waals surface area contributed by atoms with Crippen LogP contribution in [0.2, 0.25) is 0 Å². The Morgan fingerprint density at radius 2 is 1.67 bits per heavy atom. The van der Waals surface area contributed by atoms with Crippen molar-refractivity contribution in [1.82, 2.24) is 4.90 Å². The quantitative estimate of drug-likeness (QED) is 0.424. The number of phenolic OH excluding ortho intramolecular Hbond substituents is 1. The predicted molar refractivity (Wildman–Crippen MR) is 106 cm³/mol. The second-order valence-electron chi connectivity index (χ2n) is 7.27. The summed E-state index contributed by atoms with van der Waals surface area (Å²) in [6, 6.07) is 4.86. The molecule has 7 heteroatoms. The summed E-state index contributed by atoms with van der Waals surface area (Å²) in [5, 5.41) is 16.5. The lowest BCUT2D eigenvalue weighted by molar-refractivity contribution is 0.0824. The highest BCUT2D eigenvalue weighted by Gasteiger charge is 2.25. The van der Waals surface area contributed by atoms with Gasteiger partial charge in [0.2, 0.25) is 0 Å². The molecule has 0 unspecified atom stereocenters. The molecule has 0 radical (unpaired) electrons. The van der Waals surface area contributed by atoms with E-state index in [1.807, 2.05) is 0 Å². The Balaban J connectivity index is 1.84. The van der Waals surface area contributed by atoms with Gasteiger partial charge in [-0.1, -0.05) is 31.7 Å². The fourth-order valence-electron chi connectivity index (χ4n) is 3.47. The molecule has 3 N–H and O–H groups in total. The molecule has 2 aromatic rings. The zero-order chi connectivity index (χ0) is 19.6. The second kappa shape index (κ2) is 7.82. The lowest BCUT2D eigenvalue weighted by Crippen LogP contribution is -2.39. The van der Waals surface area contributed by atoms with Gasteiger partial charge in [0, 0.05) is 20.1 Å². The molecule has 0 aliphatic heterocycles. The number of rotatable bonds is 5. The van der Waals surface area contributed by atoms with Crippen LogP contribution in [-0.4, -0.2) is 36.1 Å². The van der Waals surface area contributed by atoms with Crippen LogP contribution in [0.15, 0.2) is 27.8 Å². The number of anilines is 3. The molecule has 0 bridgehead atoms. The van der Waals surface area contributed by atoms with E-state index in [0.29, 0.717) is 0 Å². The fraction of sp³-hybridized carbons (Fsp3) is 0.450. The molecule has 2 aromatic carbocycles. The average molecular weight is 371 g/mol. The first kappa shape index (κ1) is 18.9. The van der Waals surface area contributed by atoms with Gasteiger partial charge in [-0.25, -0.2) is 0 Å². The number of hydrogen-bond donors (Lipinski definition) is 3. The summed E-state index contributed by atoms with van der Waals surface area (Å²) < 4.78 is 0. The van der Waals surface area contributed by atoms with Crippen LogP contribution in [0, 0.1) is 0 Å². The zero-order valence-corrected chi connectivity index (χ0v) is 15.7. The molecule has 0 atom stereocenters. The van der Waals surface area contributed by atoms with Crippen molar-refractivity contribution < 1.29 is 9.90 Å². The number of benzene rings is 1. The summed E-state index contributed by atoms with van der Waals surface area (Å²) >= 11 is 0. The molecule has 0 spiro atoms. The van der Waals surface area contributed by atoms with Crippen LogP contribution in [0.1, 0.15) is 48.9 Å². The van der Waals surface area contributed by atoms with Crippen LogP contribution in [0.3, 0.4) is 0 Å². The topological polar surface area (TPSA) is 98.7 Å². The molecule has 1 amide bonds. The van der Waals surface area contributed by atoms with E-state index in [1.54, 1.807) is 26.2 Å². The monoisotopic (exact) mass is 371 g/mol. The van der Waals surface area contributed by atoms with Crippen molar-refractivity contribution >= 4 is 23.0 Å². The van der Waals surface area contributed by atoms with Crippen molar-refractivity contribution in [3.8, 4) is 5.75 Å². The Bertz CT molecular complexity index is 905. The van der Waals surface area contributed by atoms with E-state index < -0.39 is 10.9 Å². The van der Waals surface area contributed by atoms with Gasteiger partial charge in [-0.05, 0) is 25.0 Å². The van der Waals surface area contributed by atoms with Crippen LogP contribution in [-0.2, 0) is 0 Å². The van der Waals surface area contributed by atoms with Crippen molar-refractivity contribution in [2.24, 2.45) is 0 Å². The molecule has 1 aliphatic rings. The number of hydrogen-bond acceptors (Lipinski definition) is 6. The number of aromatic hydroxyl groups is 1. The summed E-state index contributed by atoms with van der Waals surface area (Å²) in [6.45, 7) is 0. The van der Waals surface area contributed by atoms with Crippen molar-refractivity contribution in [2.45, 2.75) is 44.6 Å². The largest absolute Gasteiger partial charge is 0.505 e. The number of carbonyl (C=O) groups excluding carboxylic acids is 1. The Kier molecular flexibility index (Phi) is 5.48. The Labute approximate surface area is 157 Å². The van der Waals surface area contributed by atoms with Crippen molar-refractivity contribution in [3.05, 3.63) is 44.2 Å². The third-order valence-electron chi connectivity index (χ3n) is 5.05. The van der Waals surface area contributed by atoms with Gasteiger partial charge < -0.3 is 20.6 Å². The van der Waals surface area contributed by atoms with Crippen molar-refractivity contribution in [2.75, 3.05) is 24.7 Å². The maximum absolute atomic E-state index is 12.2. The van der Waals surface area contributed by atoms with Gasteiger partial charge in [0.25, 0.3) is 16.8 Å². The van der Waals surface area contributed by atoms with Gasteiger partial charge in [-0.2, -0.15) is 0 Å². The van der Waals surface area contributed by atoms with E-state index in [-0.39, 0.29) is 40.3 Å². The van der Waals surface area contributed by atoms with Gasteiger partial charge in [-0.3, -0.25) is 14.4 Å². The lowest BCUT2D eigenvalue weighted by atomic mass is 10.1. The van der Waals surface area contributed by atoms with E-state index in [2.05, 4.69) is 10.6 Å². The van der Waals surface area contributed by atoms with Crippen molar-refractivity contribution in [1.29, 1.82) is 0 Å². The number of carbonyl (C=O) groups is 1. The normalized spacial score (nSPS) is 15.3. The molecule has 27 heavy (non-hydrogen) atoms. The standard InChI is InChI=1S/C20H25N3O4/c1-23(2)20(27)13-10-7-11-14(17(13)24)22-16-15(18(25)19(16)26)21-12-8-5-3-4-6-9-12/h7,10-12,21-22,24H,3-6,8-9H2,1-2H3. The van der Waals surface area contributed by atoms with Gasteiger partial charge in [0.15, 0.2) is 5.75 Å². The van der Waals surface area contributed by atoms with Crippen LogP contribution >= 0.6 is 0 Å². The first-order valence-corrected chi connectivity index (χ1v) is 9.30. The number of nitrogens with zero attached hydrogens (tertiary/aromatic N) is 1. The maximum atomic E-state index is 12.2. The molecule has 1 aliphatic carbocycles. The molecule has 1 fully saturated rings. The van der Waals surface area contributed by atoms with E-state index in [1.165, 1.54) is 23.8 Å². The molecular weight excluding hydrogens is 346 g/mol. The highest BCUT2D eigenvalue weighted by molar-refractivity contribution is 5.99. The molecule has 0 aromatic heterocycles. The fourth-order valence-corrected chi connectivity index (χ4v) is 3.47. The minimum Gasteiger partial charge on any atom is -0.505 e. The molecule has 0 saturated heterocycles. The summed E-state index contributed by atoms with van der Waals surface area (Å²) in [5.41, 5.74) is -0.387. The number of amides is 1. The SMILES string of the molecule is CN(C)C(=O)c1cccc(Nc2c(NC3CCCCCC3)c(=O)c2=O)c1O. The first-order valence-electron chi connectivity index (χ1n) is 9.30. The molecule has 144 valence electrons. The molecular formula is C20H25N3O4. The molecule has 1 saturated carbocycles. The highest BCUT2D eigenvalue weighted by Crippen LogP contribution is 2.32. The summed E-state index contributed by atoms with van der Waals surface area (Å²) in [6.07, 6.45) is 6.52. The summed E-state index contributed by atoms with van der Waals surface area (Å²) in [5.74, 6) is -0.595. The minimum absolute atomic E-state index is 0.127. The lowest BCUT2D eigenvalue weighted by Gasteiger charge is -2.22. The van der Waals surface area contributed by atoms with Crippen LogP contribution in [0.5, 0.6) is 5.75 Å². The van der Waals surface area contributed by atoms with E-state index >= 15 is 0 Å². The first-order chi connectivity index (χ1) is 12.9. The summed E-state index contributed by atoms with van der Waals surface area (Å²) in [7, 11) is 3.18. The Hall–Kier alpha value is -2.83. The number of phenols is 1. The second-order valence-corrected chi connectivity index (χ2v) is 7.27. The maximum Gasteiger partial charge on any atom is 0.257 e. The Morgan fingerprint density at radius 1 is 1.04 bits per heavy atom. The van der Waals surface area contributed by atoms with Gasteiger partial charge in [0.05, 0.1) is 11.3 Å². The van der Waals surface area contributed by atoms with Crippen LogP contribution in [0.25, 0.3) is 0 Å². The zero-order valence-electron chi connectivity index (χ0n) is 15.7. The van der Waals surface area contributed by atoms with Gasteiger partial charge in [-0.15, -0.1) is 0 Å². The van der Waals surface area contributed by atoms with E-state index in [9.17, 15) is 19.5 Å². The van der Waals surface area contributed by atoms with E-state index in [4.69, 9.17) is 0 Å². The Morgan fingerprint density at radius 3 is 2.30 bits per heavy atom. The third kappa shape index (κ3) is 3.82. The number of para-hydroxylation sites is 1. The van der Waals surface area contributed by atoms with Crippen molar-refractivity contribution in [3.63, 3.8) is 0 Å². The van der Waals surface area contributed by atoms with E-state index in [0.717, 1.165) is 25.7 Å². The molecule has 3 rings (SSSR count). The molecule has 7 nitrogen and oxygen atoms in total. The predicted octanol–water partition coefficient (Wildman–Crippen LogP) is 2.57. The average Bonchev–Trinajstić information content (AvgIpc) is 2.93. The summed E-state index contributed by atoms with van der Waals surface area (Å²) in [4.78, 5) is 37.6.